The standard InChI is InChI=1S/C31H32FN7O12S2/c1-11-15(9-37-5-13-7-38(8-14(13)6-37)26(45)12-2-16(32)24(43)18(40)3-12)23(30(49)50)39-27(46)22(28(39)53-11)35-25(44)21(17-10-52-31(33)34-17)36-51-19(29(47)48)4-20(41)42/h2-3,10-11,13-14,19,22,28,40,43H,4-9H2,1H3,(H2,33,34)(H,35,44)(H,41,42)(H,47,48)(H,49,50)/b36-21-/t11-,13-,14+,19-,22+,28+/m0/s1. The summed E-state index contributed by atoms with van der Waals surface area (Å²) >= 11 is 2.16. The number of thiazole rings is 1. The largest absolute Gasteiger partial charge is 0.504 e. The van der Waals surface area contributed by atoms with E-state index in [1.54, 1.807) is 11.8 Å². The lowest BCUT2D eigenvalue weighted by Gasteiger charge is -2.51. The number of nitrogens with one attached hydrogen (secondary N) is 1. The van der Waals surface area contributed by atoms with Crippen molar-refractivity contribution in [2.75, 3.05) is 38.5 Å². The van der Waals surface area contributed by atoms with Gasteiger partial charge in [-0.3, -0.25) is 29.0 Å². The number of carboxylic acids is 3. The number of fused-ring (bicyclic) bond motifs is 2. The fourth-order valence-corrected chi connectivity index (χ4v) is 8.82. The molecule has 5 heterocycles. The fourth-order valence-electron chi connectivity index (χ4n) is 6.83. The molecule has 53 heavy (non-hydrogen) atoms. The number of thioether (sulfide) groups is 1. The van der Waals surface area contributed by atoms with Crippen LogP contribution in [0.4, 0.5) is 9.52 Å². The molecule has 4 aliphatic heterocycles. The summed E-state index contributed by atoms with van der Waals surface area (Å²) in [7, 11) is 0. The number of phenolic OH excluding ortho intramolecular Hbond substituents is 2. The Morgan fingerprint density at radius 3 is 2.36 bits per heavy atom. The Balaban J connectivity index is 1.13. The van der Waals surface area contributed by atoms with Gasteiger partial charge in [0.2, 0.25) is 6.10 Å². The number of nitrogens with two attached hydrogens (primary N) is 1. The van der Waals surface area contributed by atoms with Gasteiger partial charge in [0, 0.05) is 48.9 Å². The number of carboxylic acid groups (broad SMARTS) is 3. The third-order valence-electron chi connectivity index (χ3n) is 9.33. The van der Waals surface area contributed by atoms with Gasteiger partial charge in [-0.2, -0.15) is 0 Å². The van der Waals surface area contributed by atoms with Gasteiger partial charge in [0.25, 0.3) is 17.7 Å². The smallest absolute Gasteiger partial charge is 0.352 e. The maximum atomic E-state index is 13.9. The molecular weight excluding hydrogens is 746 g/mol. The first-order valence-electron chi connectivity index (χ1n) is 15.9. The second-order valence-corrected chi connectivity index (χ2v) is 15.2. The number of nitrogens with zero attached hydrogens (tertiary/aromatic N) is 5. The van der Waals surface area contributed by atoms with Crippen LogP contribution in [0.5, 0.6) is 11.5 Å². The highest BCUT2D eigenvalue weighted by molar-refractivity contribution is 8.00. The fraction of sp³-hybridized carbons (Fsp3) is 0.419. The number of hydrogen-bond donors (Lipinski definition) is 7. The number of carbonyl (C=O) groups excluding carboxylic acids is 3. The van der Waals surface area contributed by atoms with E-state index < -0.39 is 87.8 Å². The number of halogens is 1. The lowest BCUT2D eigenvalue weighted by atomic mass is 10.00. The first-order chi connectivity index (χ1) is 25.0. The number of benzene rings is 1. The van der Waals surface area contributed by atoms with E-state index in [1.165, 1.54) is 17.1 Å². The van der Waals surface area contributed by atoms with Crippen molar-refractivity contribution in [2.45, 2.75) is 36.1 Å². The molecule has 2 aromatic rings. The summed E-state index contributed by atoms with van der Waals surface area (Å²) in [6, 6.07) is 0.642. The molecular formula is C31H32FN7O12S2. The number of hydrogen-bond acceptors (Lipinski definition) is 15. The van der Waals surface area contributed by atoms with E-state index in [-0.39, 0.29) is 40.5 Å². The quantitative estimate of drug-likeness (QED) is 0.0633. The normalized spacial score (nSPS) is 24.7. The number of carbonyl (C=O) groups is 6. The maximum Gasteiger partial charge on any atom is 0.352 e. The zero-order valence-electron chi connectivity index (χ0n) is 27.5. The molecule has 0 aliphatic carbocycles. The van der Waals surface area contributed by atoms with Crippen LogP contribution in [0.2, 0.25) is 0 Å². The Kier molecular flexibility index (Phi) is 10.2. The van der Waals surface area contributed by atoms with Crippen LogP contribution < -0.4 is 11.1 Å². The van der Waals surface area contributed by atoms with Crippen LogP contribution in [-0.2, 0) is 28.8 Å². The van der Waals surface area contributed by atoms with Crippen LogP contribution in [0.15, 0.2) is 33.9 Å². The lowest BCUT2D eigenvalue weighted by Crippen LogP contribution is -2.71. The van der Waals surface area contributed by atoms with E-state index in [0.29, 0.717) is 31.8 Å². The number of anilines is 1. The van der Waals surface area contributed by atoms with E-state index in [9.17, 15) is 53.6 Å². The predicted octanol–water partition coefficient (Wildman–Crippen LogP) is -0.245. The van der Waals surface area contributed by atoms with Crippen molar-refractivity contribution in [1.82, 2.24) is 25.0 Å². The van der Waals surface area contributed by atoms with Crippen molar-refractivity contribution >= 4 is 69.6 Å². The zero-order chi connectivity index (χ0) is 38.5. The number of aliphatic carboxylic acids is 3. The molecule has 3 saturated heterocycles. The van der Waals surface area contributed by atoms with Crippen LogP contribution in [0, 0.1) is 17.7 Å². The first-order valence-corrected chi connectivity index (χ1v) is 17.7. The molecule has 3 fully saturated rings. The van der Waals surface area contributed by atoms with Crippen LogP contribution in [0.25, 0.3) is 0 Å². The maximum absolute atomic E-state index is 13.9. The Morgan fingerprint density at radius 1 is 1.11 bits per heavy atom. The van der Waals surface area contributed by atoms with Crippen molar-refractivity contribution in [3.8, 4) is 11.5 Å². The number of nitrogen functional groups attached to an aromatic ring is 1. The molecule has 0 spiro atoms. The third kappa shape index (κ3) is 7.28. The van der Waals surface area contributed by atoms with Crippen molar-refractivity contribution in [2.24, 2.45) is 17.0 Å². The summed E-state index contributed by atoms with van der Waals surface area (Å²) in [5.41, 5.74) is 5.12. The Hall–Kier alpha value is -5.48. The molecule has 0 bridgehead atoms. The van der Waals surface area contributed by atoms with Crippen LogP contribution in [0.1, 0.15) is 29.4 Å². The highest BCUT2D eigenvalue weighted by Crippen LogP contribution is 2.45. The predicted molar refractivity (Wildman–Crippen MR) is 181 cm³/mol. The number of phenols is 2. The van der Waals surface area contributed by atoms with Gasteiger partial charge in [-0.1, -0.05) is 5.16 Å². The molecule has 0 radical (unpaired) electrons. The number of aromatic hydroxyl groups is 2. The Labute approximate surface area is 306 Å². The van der Waals surface area contributed by atoms with Crippen molar-refractivity contribution < 1.29 is 63.5 Å². The van der Waals surface area contributed by atoms with Crippen molar-refractivity contribution in [1.29, 1.82) is 0 Å². The molecule has 3 amide bonds. The van der Waals surface area contributed by atoms with E-state index >= 15 is 0 Å². The SMILES string of the molecule is C[C@@H]1S[C@@H]2[C@H](NC(=O)/C(=N\O[C@@H](CC(=O)O)C(=O)O)c3csc(N)n3)C(=O)N2C(C(=O)O)=C1CN1C[C@@H]2CN(C(=O)c3cc(O)c(O)c(F)c3)C[C@@H]2C1. The van der Waals surface area contributed by atoms with Gasteiger partial charge < -0.3 is 46.3 Å². The summed E-state index contributed by atoms with van der Waals surface area (Å²) in [5.74, 6) is -9.51. The van der Waals surface area contributed by atoms with Crippen molar-refractivity contribution in [3.63, 3.8) is 0 Å². The van der Waals surface area contributed by atoms with Gasteiger partial charge >= 0.3 is 17.9 Å². The number of β-lactam (4-membered cyclic amide) rings is 1. The van der Waals surface area contributed by atoms with Crippen LogP contribution in [-0.4, -0.2) is 142 Å². The molecule has 6 rings (SSSR count). The first kappa shape index (κ1) is 37.3. The molecule has 0 saturated carbocycles. The monoisotopic (exact) mass is 777 g/mol. The lowest BCUT2D eigenvalue weighted by molar-refractivity contribution is -0.156. The summed E-state index contributed by atoms with van der Waals surface area (Å²) in [6.07, 6.45) is -2.93. The molecule has 8 N–H and O–H groups in total. The molecule has 22 heteroatoms. The summed E-state index contributed by atoms with van der Waals surface area (Å²) in [5, 5.41) is 54.0. The molecule has 6 atom stereocenters. The molecule has 0 unspecified atom stereocenters. The highest BCUT2D eigenvalue weighted by Gasteiger charge is 2.56. The van der Waals surface area contributed by atoms with Crippen molar-refractivity contribution in [3.05, 3.63) is 45.9 Å². The third-order valence-corrected chi connectivity index (χ3v) is 11.5. The summed E-state index contributed by atoms with van der Waals surface area (Å²) in [4.78, 5) is 88.6. The molecule has 1 aromatic carbocycles. The van der Waals surface area contributed by atoms with Gasteiger partial charge in [0.1, 0.15) is 22.8 Å². The highest BCUT2D eigenvalue weighted by atomic mass is 32.2. The molecule has 1 aromatic heterocycles. The zero-order valence-corrected chi connectivity index (χ0v) is 29.2. The van der Waals surface area contributed by atoms with Gasteiger partial charge in [0.05, 0.1) is 6.42 Å². The minimum Gasteiger partial charge on any atom is -0.504 e. The summed E-state index contributed by atoms with van der Waals surface area (Å²) < 4.78 is 13.9. The Bertz CT molecular complexity index is 1940. The van der Waals surface area contributed by atoms with E-state index in [1.807, 2.05) is 4.90 Å². The van der Waals surface area contributed by atoms with Gasteiger partial charge in [-0.15, -0.1) is 23.1 Å². The number of oxime groups is 1. The minimum atomic E-state index is -1.95. The van der Waals surface area contributed by atoms with E-state index in [2.05, 4.69) is 15.5 Å². The minimum absolute atomic E-state index is 0.0199. The topological polar surface area (TPSA) is 286 Å². The second kappa shape index (κ2) is 14.5. The molecule has 282 valence electrons. The Morgan fingerprint density at radius 2 is 1.79 bits per heavy atom. The van der Waals surface area contributed by atoms with E-state index in [4.69, 9.17) is 15.7 Å². The summed E-state index contributed by atoms with van der Waals surface area (Å²) in [6.45, 7) is 3.68. The van der Waals surface area contributed by atoms with Gasteiger partial charge in [-0.25, -0.2) is 19.0 Å². The average Bonchev–Trinajstić information content (AvgIpc) is 3.80. The van der Waals surface area contributed by atoms with E-state index in [0.717, 1.165) is 28.4 Å². The second-order valence-electron chi connectivity index (χ2n) is 12.8. The number of aromatic nitrogens is 1. The number of amides is 3. The van der Waals surface area contributed by atoms with Crippen LogP contribution in [0.3, 0.4) is 0 Å². The molecule has 19 nitrogen and oxygen atoms in total. The average molecular weight is 778 g/mol. The van der Waals surface area contributed by atoms with Gasteiger partial charge in [0.15, 0.2) is 28.2 Å². The van der Waals surface area contributed by atoms with Crippen LogP contribution >= 0.6 is 23.1 Å². The number of likely N-dealkylation sites (tertiary alicyclic amines) is 2. The molecule has 4 aliphatic rings. The van der Waals surface area contributed by atoms with Gasteiger partial charge in [-0.05, 0) is 36.5 Å². The number of rotatable bonds is 12.